The molecule has 4 aromatic rings. The SMILES string of the molecule is CCn1c(SC(C(=O)Nc2cccc(C(C)=O)c2)c2ccccc2)nnc1-c1cccc(Cl)c1. The maximum Gasteiger partial charge on any atom is 0.242 e. The van der Waals surface area contributed by atoms with Crippen LogP contribution in [0.1, 0.15) is 35.0 Å². The molecule has 0 aliphatic heterocycles. The van der Waals surface area contributed by atoms with E-state index in [9.17, 15) is 9.59 Å². The fourth-order valence-electron chi connectivity index (χ4n) is 3.53. The first kappa shape index (κ1) is 23.7. The van der Waals surface area contributed by atoms with E-state index in [1.54, 1.807) is 24.3 Å². The van der Waals surface area contributed by atoms with Crippen LogP contribution in [0.5, 0.6) is 0 Å². The van der Waals surface area contributed by atoms with Crippen LogP contribution in [0, 0.1) is 0 Å². The number of anilines is 1. The molecule has 1 amide bonds. The van der Waals surface area contributed by atoms with Crippen LogP contribution in [0.15, 0.2) is 84.0 Å². The Labute approximate surface area is 207 Å². The van der Waals surface area contributed by atoms with Gasteiger partial charge in [-0.25, -0.2) is 0 Å². The number of nitrogens with zero attached hydrogens (tertiary/aromatic N) is 3. The summed E-state index contributed by atoms with van der Waals surface area (Å²) >= 11 is 7.50. The number of carbonyl (C=O) groups excluding carboxylic acids is 2. The fourth-order valence-corrected chi connectivity index (χ4v) is 4.82. The minimum Gasteiger partial charge on any atom is -0.325 e. The van der Waals surface area contributed by atoms with Crippen molar-refractivity contribution in [2.24, 2.45) is 0 Å². The highest BCUT2D eigenvalue weighted by Gasteiger charge is 2.26. The van der Waals surface area contributed by atoms with Gasteiger partial charge in [-0.3, -0.25) is 9.59 Å². The molecule has 0 fully saturated rings. The van der Waals surface area contributed by atoms with Gasteiger partial charge in [0.1, 0.15) is 5.25 Å². The van der Waals surface area contributed by atoms with Crippen molar-refractivity contribution < 1.29 is 9.59 Å². The van der Waals surface area contributed by atoms with Gasteiger partial charge in [0, 0.05) is 28.4 Å². The lowest BCUT2D eigenvalue weighted by atomic mass is 10.1. The minimum atomic E-state index is -0.580. The van der Waals surface area contributed by atoms with Crippen molar-refractivity contribution in [3.8, 4) is 11.4 Å². The minimum absolute atomic E-state index is 0.0605. The van der Waals surface area contributed by atoms with Gasteiger partial charge in [0.2, 0.25) is 5.91 Å². The summed E-state index contributed by atoms with van der Waals surface area (Å²) in [4.78, 5) is 25.2. The monoisotopic (exact) mass is 490 g/mol. The zero-order valence-corrected chi connectivity index (χ0v) is 20.3. The largest absolute Gasteiger partial charge is 0.325 e. The molecule has 0 bridgehead atoms. The average molecular weight is 491 g/mol. The quantitative estimate of drug-likeness (QED) is 0.232. The van der Waals surface area contributed by atoms with Gasteiger partial charge in [-0.1, -0.05) is 78.0 Å². The Balaban J connectivity index is 1.66. The molecule has 1 atom stereocenters. The first-order chi connectivity index (χ1) is 16.5. The average Bonchev–Trinajstić information content (AvgIpc) is 3.26. The Morgan fingerprint density at radius 3 is 2.47 bits per heavy atom. The predicted octanol–water partition coefficient (Wildman–Crippen LogP) is 6.29. The molecule has 34 heavy (non-hydrogen) atoms. The van der Waals surface area contributed by atoms with Crippen molar-refractivity contribution in [2.45, 2.75) is 30.8 Å². The van der Waals surface area contributed by atoms with E-state index in [2.05, 4.69) is 15.5 Å². The molecule has 0 saturated carbocycles. The van der Waals surface area contributed by atoms with Crippen molar-refractivity contribution >= 4 is 40.7 Å². The first-order valence-corrected chi connectivity index (χ1v) is 12.0. The molecule has 0 saturated heterocycles. The third kappa shape index (κ3) is 5.38. The lowest BCUT2D eigenvalue weighted by molar-refractivity contribution is -0.115. The Morgan fingerprint density at radius 1 is 1.00 bits per heavy atom. The van der Waals surface area contributed by atoms with E-state index in [1.165, 1.54) is 18.7 Å². The summed E-state index contributed by atoms with van der Waals surface area (Å²) in [6, 6.07) is 23.9. The molecular formula is C26H23ClN4O2S. The molecule has 172 valence electrons. The molecule has 0 aliphatic carbocycles. The van der Waals surface area contributed by atoms with Crippen molar-refractivity contribution in [3.63, 3.8) is 0 Å². The number of nitrogens with one attached hydrogen (secondary N) is 1. The summed E-state index contributed by atoms with van der Waals surface area (Å²) in [6.07, 6.45) is 0. The van der Waals surface area contributed by atoms with E-state index in [1.807, 2.05) is 66.1 Å². The number of carbonyl (C=O) groups is 2. The number of hydrogen-bond acceptors (Lipinski definition) is 5. The standard InChI is InChI=1S/C26H23ClN4O2S/c1-3-31-24(20-12-7-13-21(27)15-20)29-30-26(31)34-23(18-9-5-4-6-10-18)25(33)28-22-14-8-11-19(16-22)17(2)32/h4-16,23H,3H2,1-2H3,(H,28,33). The van der Waals surface area contributed by atoms with Crippen LogP contribution in [-0.4, -0.2) is 26.5 Å². The molecule has 1 unspecified atom stereocenters. The van der Waals surface area contributed by atoms with Crippen LogP contribution in [-0.2, 0) is 11.3 Å². The highest BCUT2D eigenvalue weighted by molar-refractivity contribution is 8.00. The third-order valence-corrected chi connectivity index (χ3v) is 6.69. The number of aromatic nitrogens is 3. The second-order valence-corrected chi connectivity index (χ2v) is 9.10. The molecule has 3 aromatic carbocycles. The van der Waals surface area contributed by atoms with Gasteiger partial charge >= 0.3 is 0 Å². The van der Waals surface area contributed by atoms with Crippen LogP contribution in [0.3, 0.4) is 0 Å². The van der Waals surface area contributed by atoms with Crippen LogP contribution in [0.2, 0.25) is 5.02 Å². The number of halogens is 1. The van der Waals surface area contributed by atoms with Crippen LogP contribution < -0.4 is 5.32 Å². The number of rotatable bonds is 8. The zero-order valence-electron chi connectivity index (χ0n) is 18.7. The molecule has 6 nitrogen and oxygen atoms in total. The molecule has 0 radical (unpaired) electrons. The predicted molar refractivity (Wildman–Crippen MR) is 136 cm³/mol. The summed E-state index contributed by atoms with van der Waals surface area (Å²) in [5.41, 5.74) is 2.80. The van der Waals surface area contributed by atoms with Crippen LogP contribution in [0.25, 0.3) is 11.4 Å². The topological polar surface area (TPSA) is 76.9 Å². The fraction of sp³-hybridized carbons (Fsp3) is 0.154. The Hall–Kier alpha value is -3.42. The Bertz CT molecular complexity index is 1320. The second kappa shape index (κ2) is 10.7. The molecular weight excluding hydrogens is 468 g/mol. The molecule has 1 N–H and O–H groups in total. The summed E-state index contributed by atoms with van der Waals surface area (Å²) in [6.45, 7) is 4.13. The van der Waals surface area contributed by atoms with E-state index in [0.717, 1.165) is 11.1 Å². The van der Waals surface area contributed by atoms with Gasteiger partial charge in [0.05, 0.1) is 0 Å². The zero-order chi connectivity index (χ0) is 24.1. The molecule has 8 heteroatoms. The number of hydrogen-bond donors (Lipinski definition) is 1. The first-order valence-electron chi connectivity index (χ1n) is 10.8. The van der Waals surface area contributed by atoms with Crippen molar-refractivity contribution in [1.82, 2.24) is 14.8 Å². The number of ketones is 1. The van der Waals surface area contributed by atoms with Gasteiger partial charge in [0.15, 0.2) is 16.8 Å². The smallest absolute Gasteiger partial charge is 0.242 e. The van der Waals surface area contributed by atoms with E-state index >= 15 is 0 Å². The van der Waals surface area contributed by atoms with Gasteiger partial charge in [-0.2, -0.15) is 0 Å². The second-order valence-electron chi connectivity index (χ2n) is 7.60. The van der Waals surface area contributed by atoms with E-state index in [0.29, 0.717) is 33.8 Å². The molecule has 4 rings (SSSR count). The highest BCUT2D eigenvalue weighted by atomic mass is 35.5. The highest BCUT2D eigenvalue weighted by Crippen LogP contribution is 2.37. The van der Waals surface area contributed by atoms with E-state index in [4.69, 9.17) is 11.6 Å². The number of thioether (sulfide) groups is 1. The lowest BCUT2D eigenvalue weighted by Crippen LogP contribution is -2.19. The summed E-state index contributed by atoms with van der Waals surface area (Å²) in [5.74, 6) is 0.412. The van der Waals surface area contributed by atoms with Crippen LogP contribution in [0.4, 0.5) is 5.69 Å². The van der Waals surface area contributed by atoms with Crippen molar-refractivity contribution in [3.05, 3.63) is 95.0 Å². The summed E-state index contributed by atoms with van der Waals surface area (Å²) in [5, 5.41) is 12.4. The third-order valence-electron chi connectivity index (χ3n) is 5.22. The van der Waals surface area contributed by atoms with E-state index < -0.39 is 5.25 Å². The Kier molecular flexibility index (Phi) is 7.45. The van der Waals surface area contributed by atoms with Gasteiger partial charge < -0.3 is 9.88 Å². The van der Waals surface area contributed by atoms with E-state index in [-0.39, 0.29) is 11.7 Å². The normalized spacial score (nSPS) is 11.7. The van der Waals surface area contributed by atoms with Crippen molar-refractivity contribution in [1.29, 1.82) is 0 Å². The number of amides is 1. The maximum atomic E-state index is 13.4. The summed E-state index contributed by atoms with van der Waals surface area (Å²) in [7, 11) is 0. The molecule has 0 spiro atoms. The number of Topliss-reactive ketones (excluding diaryl/α,β-unsaturated/α-hetero) is 1. The lowest BCUT2D eigenvalue weighted by Gasteiger charge is -2.17. The maximum absolute atomic E-state index is 13.4. The molecule has 1 aromatic heterocycles. The van der Waals surface area contributed by atoms with Crippen LogP contribution >= 0.6 is 23.4 Å². The van der Waals surface area contributed by atoms with Gasteiger partial charge in [-0.05, 0) is 43.7 Å². The molecule has 0 aliphatic rings. The van der Waals surface area contributed by atoms with Gasteiger partial charge in [-0.15, -0.1) is 10.2 Å². The van der Waals surface area contributed by atoms with Crippen molar-refractivity contribution in [2.75, 3.05) is 5.32 Å². The van der Waals surface area contributed by atoms with Gasteiger partial charge in [0.25, 0.3) is 0 Å². The number of benzene rings is 3. The Morgan fingerprint density at radius 2 is 1.76 bits per heavy atom. The summed E-state index contributed by atoms with van der Waals surface area (Å²) < 4.78 is 1.97. The molecule has 1 heterocycles.